The van der Waals surface area contributed by atoms with E-state index in [2.05, 4.69) is 50.3 Å². The van der Waals surface area contributed by atoms with Gasteiger partial charge in [-0.1, -0.05) is 121 Å². The molecule has 0 aromatic rings. The highest BCUT2D eigenvalue weighted by Crippen LogP contribution is 2.26. The number of unbranched alkanes of at least 4 members (excludes halogenated alkanes) is 16. The van der Waals surface area contributed by atoms with Crippen molar-refractivity contribution in [3.05, 3.63) is 36.5 Å². The molecular weight excluding hydrogens is 789 g/mol. The third-order valence-corrected chi connectivity index (χ3v) is 11.1. The van der Waals surface area contributed by atoms with Crippen LogP contribution in [-0.4, -0.2) is 142 Å². The second-order valence-electron chi connectivity index (χ2n) is 16.6. The molecule has 0 aliphatic carbocycles. The predicted molar refractivity (Wildman–Crippen MR) is 233 cm³/mol. The van der Waals surface area contributed by atoms with Crippen LogP contribution >= 0.6 is 0 Å². The molecule has 0 aromatic carbocycles. The molecule has 0 saturated carbocycles. The number of esters is 1. The molecule has 61 heavy (non-hydrogen) atoms. The first-order chi connectivity index (χ1) is 29.6. The molecule has 0 aromatic heterocycles. The summed E-state index contributed by atoms with van der Waals surface area (Å²) in [4.78, 5) is 12.9. The van der Waals surface area contributed by atoms with Gasteiger partial charge < -0.3 is 64.2 Å². The SMILES string of the molecule is CCCC/C=C\CCCCCCCC(=O)OC(COCCCCCCCC/C=C\C/C=C\CCCCC)COC1OC(COC2OC(CO)C(O)C(O)C2O)C(O)C(O)C1O. The van der Waals surface area contributed by atoms with E-state index in [1.807, 2.05) is 0 Å². The highest BCUT2D eigenvalue weighted by Gasteiger charge is 2.47. The minimum absolute atomic E-state index is 0.0510. The van der Waals surface area contributed by atoms with Crippen molar-refractivity contribution < 1.29 is 69.0 Å². The van der Waals surface area contributed by atoms with Gasteiger partial charge in [0.1, 0.15) is 54.9 Å². The van der Waals surface area contributed by atoms with Crippen molar-refractivity contribution in [1.82, 2.24) is 0 Å². The summed E-state index contributed by atoms with van der Waals surface area (Å²) >= 11 is 0. The predicted octanol–water partition coefficient (Wildman–Crippen LogP) is 5.85. The largest absolute Gasteiger partial charge is 0.457 e. The molecule has 2 rings (SSSR count). The van der Waals surface area contributed by atoms with E-state index in [1.54, 1.807) is 0 Å². The molecule has 0 radical (unpaired) electrons. The average molecular weight is 873 g/mol. The summed E-state index contributed by atoms with van der Waals surface area (Å²) in [5.74, 6) is -0.392. The number of aliphatic hydroxyl groups excluding tert-OH is 7. The van der Waals surface area contributed by atoms with Crippen LogP contribution in [0.2, 0.25) is 0 Å². The van der Waals surface area contributed by atoms with Crippen LogP contribution in [0.1, 0.15) is 155 Å². The fourth-order valence-electron chi connectivity index (χ4n) is 7.18. The molecular formula is C47H84O14. The van der Waals surface area contributed by atoms with Crippen molar-refractivity contribution in [2.24, 2.45) is 0 Å². The van der Waals surface area contributed by atoms with Gasteiger partial charge in [-0.3, -0.25) is 4.79 Å². The summed E-state index contributed by atoms with van der Waals surface area (Å²) < 4.78 is 34.1. The monoisotopic (exact) mass is 873 g/mol. The summed E-state index contributed by atoms with van der Waals surface area (Å²) in [5.41, 5.74) is 0. The van der Waals surface area contributed by atoms with Crippen LogP contribution in [0.3, 0.4) is 0 Å². The Labute approximate surface area is 366 Å². The lowest BCUT2D eigenvalue weighted by atomic mass is 9.98. The maximum Gasteiger partial charge on any atom is 0.306 e. The van der Waals surface area contributed by atoms with Gasteiger partial charge in [-0.2, -0.15) is 0 Å². The lowest BCUT2D eigenvalue weighted by Crippen LogP contribution is -2.61. The van der Waals surface area contributed by atoms with Crippen LogP contribution in [0.4, 0.5) is 0 Å². The van der Waals surface area contributed by atoms with Gasteiger partial charge in [-0.25, -0.2) is 0 Å². The summed E-state index contributed by atoms with van der Waals surface area (Å²) in [6.45, 7) is 3.57. The molecule has 2 aliphatic rings. The van der Waals surface area contributed by atoms with Crippen LogP contribution in [0.25, 0.3) is 0 Å². The molecule has 2 heterocycles. The first-order valence-corrected chi connectivity index (χ1v) is 23.6. The minimum Gasteiger partial charge on any atom is -0.457 e. The zero-order chi connectivity index (χ0) is 44.5. The first-order valence-electron chi connectivity index (χ1n) is 23.6. The van der Waals surface area contributed by atoms with Crippen LogP contribution < -0.4 is 0 Å². The first kappa shape index (κ1) is 55.3. The fourth-order valence-corrected chi connectivity index (χ4v) is 7.18. The summed E-state index contributed by atoms with van der Waals surface area (Å²) in [6, 6.07) is 0. The van der Waals surface area contributed by atoms with Gasteiger partial charge >= 0.3 is 5.97 Å². The summed E-state index contributed by atoms with van der Waals surface area (Å²) in [7, 11) is 0. The lowest BCUT2D eigenvalue weighted by molar-refractivity contribution is -0.332. The second-order valence-corrected chi connectivity index (χ2v) is 16.6. The number of allylic oxidation sites excluding steroid dienone is 6. The standard InChI is InChI=1S/C47H84O14/c1-3-5-7-9-11-13-15-16-17-18-19-21-23-25-27-29-31-56-33-36(59-39(49)30-28-26-24-22-20-14-12-10-8-6-4-2)34-57-46-45(55)43(53)41(51)38(61-46)35-58-47-44(54)42(52)40(50)37(32-48)60-47/h10-13,16-17,36-38,40-48,50-55H,3-9,14-15,18-35H2,1-2H3/b12-10-,13-11-,17-16-. The molecule has 14 nitrogen and oxygen atoms in total. The molecule has 0 bridgehead atoms. The summed E-state index contributed by atoms with van der Waals surface area (Å²) in [6.07, 6.45) is 20.7. The van der Waals surface area contributed by atoms with Crippen molar-refractivity contribution in [2.45, 2.75) is 223 Å². The Balaban J connectivity index is 1.80. The molecule has 11 unspecified atom stereocenters. The molecule has 0 amide bonds. The fraction of sp³-hybridized carbons (Fsp3) is 0.851. The highest BCUT2D eigenvalue weighted by atomic mass is 16.7. The van der Waals surface area contributed by atoms with Gasteiger partial charge in [0.2, 0.25) is 0 Å². The van der Waals surface area contributed by atoms with Gasteiger partial charge in [0, 0.05) is 13.0 Å². The zero-order valence-electron chi connectivity index (χ0n) is 37.4. The molecule has 356 valence electrons. The number of carbonyl (C=O) groups excluding carboxylic acids is 1. The number of carbonyl (C=O) groups is 1. The highest BCUT2D eigenvalue weighted by molar-refractivity contribution is 5.69. The molecule has 2 saturated heterocycles. The topological polar surface area (TPSA) is 214 Å². The van der Waals surface area contributed by atoms with Gasteiger partial charge in [0.15, 0.2) is 12.6 Å². The molecule has 7 N–H and O–H groups in total. The molecule has 11 atom stereocenters. The molecule has 2 fully saturated rings. The third kappa shape index (κ3) is 24.2. The Hall–Kier alpha value is -1.79. The van der Waals surface area contributed by atoms with Crippen molar-refractivity contribution >= 4 is 5.97 Å². The Morgan fingerprint density at radius 3 is 1.64 bits per heavy atom. The Morgan fingerprint density at radius 1 is 0.541 bits per heavy atom. The van der Waals surface area contributed by atoms with E-state index in [9.17, 15) is 40.5 Å². The number of hydrogen-bond donors (Lipinski definition) is 7. The zero-order valence-corrected chi connectivity index (χ0v) is 37.4. The van der Waals surface area contributed by atoms with Gasteiger partial charge in [0.25, 0.3) is 0 Å². The normalized spacial score (nSPS) is 27.8. The Bertz CT molecular complexity index is 1150. The van der Waals surface area contributed by atoms with Crippen LogP contribution in [0.5, 0.6) is 0 Å². The Kier molecular flexibility index (Phi) is 32.2. The van der Waals surface area contributed by atoms with E-state index in [1.165, 1.54) is 51.4 Å². The molecule has 0 spiro atoms. The average Bonchev–Trinajstić information content (AvgIpc) is 3.25. The van der Waals surface area contributed by atoms with Crippen LogP contribution in [0, 0.1) is 0 Å². The molecule has 2 aliphatic heterocycles. The van der Waals surface area contributed by atoms with E-state index in [-0.39, 0.29) is 19.6 Å². The maximum atomic E-state index is 12.9. The van der Waals surface area contributed by atoms with Gasteiger partial charge in [-0.05, 0) is 64.2 Å². The van der Waals surface area contributed by atoms with Crippen molar-refractivity contribution in [1.29, 1.82) is 0 Å². The van der Waals surface area contributed by atoms with E-state index in [4.69, 9.17) is 28.4 Å². The van der Waals surface area contributed by atoms with Crippen molar-refractivity contribution in [3.8, 4) is 0 Å². The van der Waals surface area contributed by atoms with Crippen LogP contribution in [-0.2, 0) is 33.2 Å². The second kappa shape index (κ2) is 35.5. The van der Waals surface area contributed by atoms with E-state index >= 15 is 0 Å². The lowest BCUT2D eigenvalue weighted by Gasteiger charge is -2.42. The van der Waals surface area contributed by atoms with E-state index in [0.717, 1.165) is 77.0 Å². The van der Waals surface area contributed by atoms with E-state index in [0.29, 0.717) is 13.0 Å². The van der Waals surface area contributed by atoms with Crippen molar-refractivity contribution in [3.63, 3.8) is 0 Å². The minimum atomic E-state index is -1.71. The Morgan fingerprint density at radius 2 is 1.03 bits per heavy atom. The van der Waals surface area contributed by atoms with Gasteiger partial charge in [0.05, 0.1) is 26.4 Å². The maximum absolute atomic E-state index is 12.9. The summed E-state index contributed by atoms with van der Waals surface area (Å²) in [5, 5.41) is 71.9. The number of rotatable bonds is 36. The van der Waals surface area contributed by atoms with Crippen molar-refractivity contribution in [2.75, 3.05) is 33.0 Å². The van der Waals surface area contributed by atoms with Crippen LogP contribution in [0.15, 0.2) is 36.5 Å². The van der Waals surface area contributed by atoms with E-state index < -0.39 is 86.7 Å². The smallest absolute Gasteiger partial charge is 0.306 e. The molecule has 14 heteroatoms. The van der Waals surface area contributed by atoms with Gasteiger partial charge in [-0.15, -0.1) is 0 Å². The third-order valence-electron chi connectivity index (χ3n) is 11.1. The number of hydrogen-bond acceptors (Lipinski definition) is 14. The number of aliphatic hydroxyl groups is 7. The quantitative estimate of drug-likeness (QED) is 0.0224. The number of ether oxygens (including phenoxy) is 6.